The number of rotatable bonds is 3. The average Bonchev–Trinajstić information content (AvgIpc) is 2.84. The first kappa shape index (κ1) is 16.0. The summed E-state index contributed by atoms with van der Waals surface area (Å²) in [5.41, 5.74) is 1.02. The van der Waals surface area contributed by atoms with Gasteiger partial charge >= 0.3 is 0 Å². The Morgan fingerprint density at radius 2 is 2.21 bits per heavy atom. The normalized spacial score (nSPS) is 27.2. The van der Waals surface area contributed by atoms with E-state index in [1.165, 1.54) is 0 Å². The van der Waals surface area contributed by atoms with Crippen molar-refractivity contribution >= 4 is 23.1 Å². The van der Waals surface area contributed by atoms with E-state index in [4.69, 9.17) is 16.3 Å². The van der Waals surface area contributed by atoms with Crippen molar-refractivity contribution in [2.45, 2.75) is 51.2 Å². The van der Waals surface area contributed by atoms with Gasteiger partial charge < -0.3 is 10.1 Å². The van der Waals surface area contributed by atoms with E-state index >= 15 is 0 Å². The summed E-state index contributed by atoms with van der Waals surface area (Å²) in [6, 6.07) is -0.332. The molecule has 0 radical (unpaired) electrons. The van der Waals surface area contributed by atoms with Crippen LogP contribution < -0.4 is 5.32 Å². The lowest BCUT2D eigenvalue weighted by Crippen LogP contribution is -2.39. The Morgan fingerprint density at radius 1 is 1.42 bits per heavy atom. The van der Waals surface area contributed by atoms with Crippen LogP contribution in [-0.2, 0) is 4.74 Å². The molecular formula is C16H21ClFN5O. The van der Waals surface area contributed by atoms with E-state index in [0.29, 0.717) is 41.0 Å². The fourth-order valence-corrected chi connectivity index (χ4v) is 3.91. The van der Waals surface area contributed by atoms with Gasteiger partial charge in [0.25, 0.3) is 0 Å². The molecule has 0 amide bonds. The van der Waals surface area contributed by atoms with Gasteiger partial charge in [-0.25, -0.2) is 18.9 Å². The van der Waals surface area contributed by atoms with Gasteiger partial charge in [0.1, 0.15) is 17.5 Å². The molecule has 0 bridgehead atoms. The number of aromatic nitrogens is 4. The summed E-state index contributed by atoms with van der Waals surface area (Å²) in [5.74, 6) is 1.61. The number of fused-ring (bicyclic) bond motifs is 1. The zero-order valence-corrected chi connectivity index (χ0v) is 14.6. The molecule has 2 aliphatic rings. The van der Waals surface area contributed by atoms with Gasteiger partial charge in [-0.3, -0.25) is 0 Å². The summed E-state index contributed by atoms with van der Waals surface area (Å²) in [6.45, 7) is 5.14. The van der Waals surface area contributed by atoms with Crippen LogP contribution >= 0.6 is 11.6 Å². The highest BCUT2D eigenvalue weighted by molar-refractivity contribution is 6.32. The molecule has 2 atom stereocenters. The summed E-state index contributed by atoms with van der Waals surface area (Å²) in [4.78, 5) is 8.75. The zero-order valence-electron chi connectivity index (χ0n) is 13.8. The molecule has 0 spiro atoms. The Morgan fingerprint density at radius 3 is 2.92 bits per heavy atom. The molecule has 1 aliphatic carbocycles. The number of nitrogens with one attached hydrogen (secondary N) is 1. The van der Waals surface area contributed by atoms with Gasteiger partial charge in [-0.1, -0.05) is 25.4 Å². The van der Waals surface area contributed by atoms with Gasteiger partial charge in [0.05, 0.1) is 18.8 Å². The van der Waals surface area contributed by atoms with Gasteiger partial charge in [0.15, 0.2) is 5.15 Å². The standard InChI is InChI=1S/C16H21ClFN5O/c1-16(2)5-9(6-16)14-21-13(17)12-7-19-15(22-23(12)14)20-11-3-4-24-8-10(11)18/h7,9-11H,3-6,8H2,1-2H3,(H,20,22)/t10-,11-/m1/s1. The van der Waals surface area contributed by atoms with Crippen molar-refractivity contribution in [1.82, 2.24) is 19.6 Å². The minimum Gasteiger partial charge on any atom is -0.378 e. The Hall–Kier alpha value is -1.47. The highest BCUT2D eigenvalue weighted by Crippen LogP contribution is 2.50. The van der Waals surface area contributed by atoms with Crippen LogP contribution in [0.25, 0.3) is 5.52 Å². The topological polar surface area (TPSA) is 64.3 Å². The van der Waals surface area contributed by atoms with E-state index in [0.717, 1.165) is 18.7 Å². The molecule has 4 rings (SSSR count). The highest BCUT2D eigenvalue weighted by Gasteiger charge is 2.39. The van der Waals surface area contributed by atoms with Crippen molar-refractivity contribution in [3.8, 4) is 0 Å². The second kappa shape index (κ2) is 5.81. The third kappa shape index (κ3) is 2.84. The van der Waals surface area contributed by atoms with Gasteiger partial charge in [0.2, 0.25) is 5.95 Å². The fraction of sp³-hybridized carbons (Fsp3) is 0.688. The molecule has 1 aliphatic heterocycles. The maximum absolute atomic E-state index is 13.9. The lowest BCUT2D eigenvalue weighted by Gasteiger charge is -2.41. The molecule has 8 heteroatoms. The lowest BCUT2D eigenvalue weighted by molar-refractivity contribution is 0.0284. The largest absolute Gasteiger partial charge is 0.378 e. The molecule has 2 aromatic heterocycles. The van der Waals surface area contributed by atoms with Gasteiger partial charge in [-0.05, 0) is 24.7 Å². The SMILES string of the molecule is CC1(C)CC(c2nc(Cl)c3cnc(N[C@@H]4CCOC[C@H]4F)nn23)C1. The van der Waals surface area contributed by atoms with Crippen molar-refractivity contribution in [3.05, 3.63) is 17.2 Å². The Bertz CT molecular complexity index is 756. The van der Waals surface area contributed by atoms with Crippen molar-refractivity contribution < 1.29 is 9.13 Å². The second-order valence-electron chi connectivity index (χ2n) is 7.54. The second-order valence-corrected chi connectivity index (χ2v) is 7.90. The highest BCUT2D eigenvalue weighted by atomic mass is 35.5. The third-order valence-corrected chi connectivity index (χ3v) is 5.22. The van der Waals surface area contributed by atoms with Crippen molar-refractivity contribution in [3.63, 3.8) is 0 Å². The van der Waals surface area contributed by atoms with Crippen LogP contribution in [0.2, 0.25) is 5.15 Å². The van der Waals surface area contributed by atoms with Crippen LogP contribution in [0.4, 0.5) is 10.3 Å². The molecule has 1 N–H and O–H groups in total. The molecule has 1 saturated carbocycles. The average molecular weight is 354 g/mol. The monoisotopic (exact) mass is 353 g/mol. The molecule has 2 aromatic rings. The van der Waals surface area contributed by atoms with E-state index in [1.54, 1.807) is 10.7 Å². The molecule has 3 heterocycles. The predicted molar refractivity (Wildman–Crippen MR) is 89.3 cm³/mol. The number of halogens is 2. The van der Waals surface area contributed by atoms with E-state index in [9.17, 15) is 4.39 Å². The third-order valence-electron chi connectivity index (χ3n) is 4.94. The summed E-state index contributed by atoms with van der Waals surface area (Å²) < 4.78 is 20.8. The summed E-state index contributed by atoms with van der Waals surface area (Å²) in [7, 11) is 0. The van der Waals surface area contributed by atoms with E-state index in [-0.39, 0.29) is 12.6 Å². The number of nitrogens with zero attached hydrogens (tertiary/aromatic N) is 4. The summed E-state index contributed by atoms with van der Waals surface area (Å²) in [5, 5.41) is 8.01. The first-order chi connectivity index (χ1) is 11.4. The van der Waals surface area contributed by atoms with Crippen molar-refractivity contribution in [2.24, 2.45) is 5.41 Å². The maximum atomic E-state index is 13.9. The molecule has 24 heavy (non-hydrogen) atoms. The lowest BCUT2D eigenvalue weighted by atomic mass is 9.64. The van der Waals surface area contributed by atoms with E-state index in [1.807, 2.05) is 0 Å². The Kier molecular flexibility index (Phi) is 3.88. The van der Waals surface area contributed by atoms with E-state index in [2.05, 4.69) is 34.2 Å². The van der Waals surface area contributed by atoms with Crippen LogP contribution in [0.3, 0.4) is 0 Å². The first-order valence-electron chi connectivity index (χ1n) is 8.32. The van der Waals surface area contributed by atoms with E-state index < -0.39 is 6.17 Å². The first-order valence-corrected chi connectivity index (χ1v) is 8.70. The molecule has 2 fully saturated rings. The maximum Gasteiger partial charge on any atom is 0.241 e. The number of hydrogen-bond donors (Lipinski definition) is 1. The van der Waals surface area contributed by atoms with Crippen LogP contribution in [0.5, 0.6) is 0 Å². The van der Waals surface area contributed by atoms with Crippen LogP contribution in [-0.4, -0.2) is 45.0 Å². The quantitative estimate of drug-likeness (QED) is 0.917. The molecule has 6 nitrogen and oxygen atoms in total. The summed E-state index contributed by atoms with van der Waals surface area (Å²) in [6.07, 6.45) is 3.29. The smallest absolute Gasteiger partial charge is 0.241 e. The number of ether oxygens (including phenoxy) is 1. The molecule has 0 unspecified atom stereocenters. The number of hydrogen-bond acceptors (Lipinski definition) is 5. The molecule has 0 aromatic carbocycles. The van der Waals surface area contributed by atoms with Gasteiger partial charge in [0, 0.05) is 12.5 Å². The minimum atomic E-state index is -1.06. The molecular weight excluding hydrogens is 333 g/mol. The van der Waals surface area contributed by atoms with Gasteiger partial charge in [-0.15, -0.1) is 5.10 Å². The molecule has 130 valence electrons. The van der Waals surface area contributed by atoms with Crippen molar-refractivity contribution in [2.75, 3.05) is 18.5 Å². The summed E-state index contributed by atoms with van der Waals surface area (Å²) >= 11 is 6.23. The predicted octanol–water partition coefficient (Wildman–Crippen LogP) is 3.22. The van der Waals surface area contributed by atoms with Crippen LogP contribution in [0.15, 0.2) is 6.20 Å². The Balaban J connectivity index is 1.62. The Labute approximate surface area is 144 Å². The number of imidazole rings is 1. The van der Waals surface area contributed by atoms with Crippen LogP contribution in [0, 0.1) is 5.41 Å². The minimum absolute atomic E-state index is 0.110. The van der Waals surface area contributed by atoms with Gasteiger partial charge in [-0.2, -0.15) is 0 Å². The van der Waals surface area contributed by atoms with Crippen LogP contribution in [0.1, 0.15) is 44.9 Å². The van der Waals surface area contributed by atoms with Crippen molar-refractivity contribution in [1.29, 1.82) is 0 Å². The fourth-order valence-electron chi connectivity index (χ4n) is 3.69. The zero-order chi connectivity index (χ0) is 16.9. The molecule has 1 saturated heterocycles. The number of anilines is 1. The number of alkyl halides is 1.